The number of nitrogens with zero attached hydrogens (tertiary/aromatic N) is 1. The highest BCUT2D eigenvalue weighted by Gasteiger charge is 2.21. The van der Waals surface area contributed by atoms with Crippen LogP contribution in [0.3, 0.4) is 0 Å². The van der Waals surface area contributed by atoms with Crippen LogP contribution in [-0.4, -0.2) is 42.6 Å². The van der Waals surface area contributed by atoms with Crippen molar-refractivity contribution in [2.24, 2.45) is 5.92 Å². The molecule has 0 aliphatic rings. The van der Waals surface area contributed by atoms with Gasteiger partial charge in [-0.1, -0.05) is 31.2 Å². The molecular weight excluding hydrogens is 282 g/mol. The van der Waals surface area contributed by atoms with Crippen molar-refractivity contribution in [3.05, 3.63) is 42.0 Å². The van der Waals surface area contributed by atoms with Gasteiger partial charge in [-0.25, -0.2) is 0 Å². The average Bonchev–Trinajstić information content (AvgIpc) is 2.52. The molecule has 0 radical (unpaired) electrons. The number of carbonyl (C=O) groups is 2. The number of phenolic OH excluding ortho intramolecular Hbond substituents is 1. The number of hydrogen-bond donors (Lipinski definition) is 1. The third-order valence-electron chi connectivity index (χ3n) is 3.59. The molecule has 0 saturated carbocycles. The van der Waals surface area contributed by atoms with Crippen molar-refractivity contribution >= 4 is 22.6 Å². The molecule has 22 heavy (non-hydrogen) atoms. The molecule has 0 bridgehead atoms. The van der Waals surface area contributed by atoms with E-state index < -0.39 is 5.92 Å². The van der Waals surface area contributed by atoms with E-state index in [0.717, 1.165) is 10.8 Å². The first-order valence-electron chi connectivity index (χ1n) is 6.99. The van der Waals surface area contributed by atoms with Crippen LogP contribution in [0.1, 0.15) is 17.3 Å². The van der Waals surface area contributed by atoms with E-state index in [2.05, 4.69) is 4.74 Å². The summed E-state index contributed by atoms with van der Waals surface area (Å²) in [5, 5.41) is 11.8. The highest BCUT2D eigenvalue weighted by atomic mass is 16.5. The number of aromatic hydroxyl groups is 1. The van der Waals surface area contributed by atoms with Crippen LogP contribution in [0.4, 0.5) is 0 Å². The Morgan fingerprint density at radius 3 is 2.41 bits per heavy atom. The van der Waals surface area contributed by atoms with E-state index in [9.17, 15) is 14.7 Å². The number of hydrogen-bond acceptors (Lipinski definition) is 4. The molecule has 1 N–H and O–H groups in total. The average molecular weight is 301 g/mol. The number of phenols is 1. The van der Waals surface area contributed by atoms with Crippen molar-refractivity contribution in [3.8, 4) is 5.75 Å². The van der Waals surface area contributed by atoms with Crippen LogP contribution in [0.25, 0.3) is 10.8 Å². The minimum atomic E-state index is -0.429. The minimum absolute atomic E-state index is 0.0683. The molecule has 1 atom stereocenters. The molecule has 0 saturated heterocycles. The second-order valence-corrected chi connectivity index (χ2v) is 5.33. The molecule has 2 aromatic rings. The van der Waals surface area contributed by atoms with E-state index in [1.165, 1.54) is 12.0 Å². The van der Waals surface area contributed by atoms with E-state index >= 15 is 0 Å². The van der Waals surface area contributed by atoms with Gasteiger partial charge in [0.1, 0.15) is 5.75 Å². The zero-order chi connectivity index (χ0) is 16.3. The Kier molecular flexibility index (Phi) is 4.65. The van der Waals surface area contributed by atoms with Crippen LogP contribution >= 0.6 is 0 Å². The smallest absolute Gasteiger partial charge is 0.310 e. The number of amides is 1. The molecule has 5 heteroatoms. The molecule has 0 heterocycles. The molecule has 0 unspecified atom stereocenters. The van der Waals surface area contributed by atoms with Gasteiger partial charge >= 0.3 is 5.97 Å². The maximum Gasteiger partial charge on any atom is 0.310 e. The zero-order valence-corrected chi connectivity index (χ0v) is 12.9. The Hall–Kier alpha value is -2.56. The maximum atomic E-state index is 12.5. The molecule has 2 rings (SSSR count). The number of rotatable bonds is 4. The summed E-state index contributed by atoms with van der Waals surface area (Å²) < 4.78 is 4.65. The summed E-state index contributed by atoms with van der Waals surface area (Å²) in [4.78, 5) is 25.3. The number of benzene rings is 2. The van der Waals surface area contributed by atoms with Crippen LogP contribution in [-0.2, 0) is 9.53 Å². The Balaban J connectivity index is 2.25. The third kappa shape index (κ3) is 3.19. The van der Waals surface area contributed by atoms with E-state index in [0.29, 0.717) is 0 Å². The van der Waals surface area contributed by atoms with Gasteiger partial charge in [-0.15, -0.1) is 0 Å². The monoisotopic (exact) mass is 301 g/mol. The Labute approximate surface area is 129 Å². The van der Waals surface area contributed by atoms with Gasteiger partial charge in [-0.2, -0.15) is 0 Å². The quantitative estimate of drug-likeness (QED) is 0.881. The fourth-order valence-corrected chi connectivity index (χ4v) is 2.37. The standard InChI is InChI=1S/C17H19NO4/c1-11(17(21)22-3)10-18(2)16(20)14-8-12-6-4-5-7-13(12)9-15(14)19/h4-9,11,19H,10H2,1-3H3/t11-/m1/s1. The van der Waals surface area contributed by atoms with E-state index in [1.54, 1.807) is 26.1 Å². The summed E-state index contributed by atoms with van der Waals surface area (Å²) in [6, 6.07) is 10.7. The van der Waals surface area contributed by atoms with Crippen molar-refractivity contribution in [3.63, 3.8) is 0 Å². The molecule has 0 spiro atoms. The highest BCUT2D eigenvalue weighted by Crippen LogP contribution is 2.26. The molecule has 116 valence electrons. The summed E-state index contributed by atoms with van der Waals surface area (Å²) in [6.07, 6.45) is 0. The van der Waals surface area contributed by atoms with E-state index in [-0.39, 0.29) is 29.7 Å². The van der Waals surface area contributed by atoms with Crippen molar-refractivity contribution in [1.82, 2.24) is 4.90 Å². The predicted octanol–water partition coefficient (Wildman–Crippen LogP) is 2.43. The van der Waals surface area contributed by atoms with Crippen molar-refractivity contribution in [2.45, 2.75) is 6.92 Å². The van der Waals surface area contributed by atoms with Gasteiger partial charge in [0, 0.05) is 13.6 Å². The van der Waals surface area contributed by atoms with Crippen molar-refractivity contribution < 1.29 is 19.4 Å². The van der Waals surface area contributed by atoms with Gasteiger partial charge < -0.3 is 14.7 Å². The second-order valence-electron chi connectivity index (χ2n) is 5.33. The number of ether oxygens (including phenoxy) is 1. The topological polar surface area (TPSA) is 66.8 Å². The van der Waals surface area contributed by atoms with Crippen LogP contribution < -0.4 is 0 Å². The summed E-state index contributed by atoms with van der Waals surface area (Å²) in [7, 11) is 2.91. The first-order chi connectivity index (χ1) is 10.4. The second kappa shape index (κ2) is 6.47. The lowest BCUT2D eigenvalue weighted by atomic mass is 10.0. The van der Waals surface area contributed by atoms with Gasteiger partial charge in [-0.3, -0.25) is 9.59 Å². The summed E-state index contributed by atoms with van der Waals surface area (Å²) in [6.45, 7) is 1.91. The molecule has 0 aromatic heterocycles. The highest BCUT2D eigenvalue weighted by molar-refractivity contribution is 6.01. The summed E-state index contributed by atoms with van der Waals surface area (Å²) in [5.74, 6) is -1.20. The van der Waals surface area contributed by atoms with E-state index in [4.69, 9.17) is 0 Å². The molecule has 1 amide bonds. The first-order valence-corrected chi connectivity index (χ1v) is 6.99. The van der Waals surface area contributed by atoms with E-state index in [1.807, 2.05) is 24.3 Å². The SMILES string of the molecule is COC(=O)[C@H](C)CN(C)C(=O)c1cc2ccccc2cc1O. The minimum Gasteiger partial charge on any atom is -0.507 e. The lowest BCUT2D eigenvalue weighted by Gasteiger charge is -2.21. The Morgan fingerprint density at radius 2 is 1.82 bits per heavy atom. The number of esters is 1. The molecule has 5 nitrogen and oxygen atoms in total. The third-order valence-corrected chi connectivity index (χ3v) is 3.59. The normalized spacial score (nSPS) is 12.0. The largest absolute Gasteiger partial charge is 0.507 e. The fraction of sp³-hybridized carbons (Fsp3) is 0.294. The van der Waals surface area contributed by atoms with Gasteiger partial charge in [0.2, 0.25) is 0 Å². The van der Waals surface area contributed by atoms with Crippen LogP contribution in [0.5, 0.6) is 5.75 Å². The molecular formula is C17H19NO4. The molecule has 0 aliphatic carbocycles. The summed E-state index contributed by atoms with van der Waals surface area (Å²) in [5.41, 5.74) is 0.221. The number of methoxy groups -OCH3 is 1. The lowest BCUT2D eigenvalue weighted by Crippen LogP contribution is -2.34. The Bertz CT molecular complexity index is 711. The molecule has 0 aliphatic heterocycles. The van der Waals surface area contributed by atoms with Gasteiger partial charge in [0.05, 0.1) is 18.6 Å². The fourth-order valence-electron chi connectivity index (χ4n) is 2.37. The van der Waals surface area contributed by atoms with Gasteiger partial charge in [0.15, 0.2) is 0 Å². The van der Waals surface area contributed by atoms with Gasteiger partial charge in [-0.05, 0) is 22.9 Å². The first kappa shape index (κ1) is 15.8. The van der Waals surface area contributed by atoms with Gasteiger partial charge in [0.25, 0.3) is 5.91 Å². The molecule has 0 fully saturated rings. The number of fused-ring (bicyclic) bond motifs is 1. The summed E-state index contributed by atoms with van der Waals surface area (Å²) >= 11 is 0. The Morgan fingerprint density at radius 1 is 1.23 bits per heavy atom. The lowest BCUT2D eigenvalue weighted by molar-refractivity contribution is -0.145. The zero-order valence-electron chi connectivity index (χ0n) is 12.9. The maximum absolute atomic E-state index is 12.5. The van der Waals surface area contributed by atoms with Crippen LogP contribution in [0.15, 0.2) is 36.4 Å². The van der Waals surface area contributed by atoms with Crippen molar-refractivity contribution in [2.75, 3.05) is 20.7 Å². The number of carbonyl (C=O) groups excluding carboxylic acids is 2. The van der Waals surface area contributed by atoms with Crippen LogP contribution in [0.2, 0.25) is 0 Å². The van der Waals surface area contributed by atoms with Crippen molar-refractivity contribution in [1.29, 1.82) is 0 Å². The predicted molar refractivity (Wildman–Crippen MR) is 83.8 cm³/mol. The van der Waals surface area contributed by atoms with Crippen LogP contribution in [0, 0.1) is 5.92 Å². The molecule has 2 aromatic carbocycles.